The summed E-state index contributed by atoms with van der Waals surface area (Å²) < 4.78 is 15.6. The normalized spacial score (nSPS) is 13.9. The summed E-state index contributed by atoms with van der Waals surface area (Å²) in [6.07, 6.45) is 1.31. The number of rotatable bonds is 1. The molecule has 0 amide bonds. The number of Topliss-reactive ketones (excluding diaryl/α,β-unsaturated/α-hetero) is 1. The Morgan fingerprint density at radius 3 is 2.95 bits per heavy atom. The van der Waals surface area contributed by atoms with Crippen molar-refractivity contribution in [3.63, 3.8) is 0 Å². The number of imidazole rings is 1. The van der Waals surface area contributed by atoms with Crippen LogP contribution in [-0.4, -0.2) is 15.3 Å². The smallest absolute Gasteiger partial charge is 0.222 e. The van der Waals surface area contributed by atoms with E-state index >= 15 is 0 Å². The van der Waals surface area contributed by atoms with Crippen molar-refractivity contribution in [1.29, 1.82) is 0 Å². The second-order valence-electron chi connectivity index (χ2n) is 4.83. The van der Waals surface area contributed by atoms with Crippen LogP contribution in [0.3, 0.4) is 0 Å². The van der Waals surface area contributed by atoms with E-state index in [-0.39, 0.29) is 11.5 Å². The number of aromatic nitrogens is 2. The van der Waals surface area contributed by atoms with Crippen molar-refractivity contribution in [2.24, 2.45) is 0 Å². The maximum absolute atomic E-state index is 13.7. The Kier molecular flexibility index (Phi) is 2.87. The molecule has 1 aliphatic rings. The van der Waals surface area contributed by atoms with E-state index < -0.39 is 5.82 Å². The van der Waals surface area contributed by atoms with E-state index in [1.165, 1.54) is 12.1 Å². The average molecular weight is 269 g/mol. The largest absolute Gasteiger partial charge is 0.321 e. The first kappa shape index (κ1) is 12.5. The zero-order chi connectivity index (χ0) is 14.3. The molecule has 0 saturated heterocycles. The fourth-order valence-electron chi connectivity index (χ4n) is 2.62. The third-order valence-corrected chi connectivity index (χ3v) is 3.52. The molecule has 0 bridgehead atoms. The zero-order valence-corrected chi connectivity index (χ0v) is 11.0. The molecule has 0 unspecified atom stereocenters. The zero-order valence-electron chi connectivity index (χ0n) is 11.0. The molecule has 5 heteroatoms. The molecule has 1 aliphatic heterocycles. The maximum Gasteiger partial charge on any atom is 0.222 e. The van der Waals surface area contributed by atoms with E-state index in [0.717, 1.165) is 6.42 Å². The Morgan fingerprint density at radius 1 is 1.45 bits per heavy atom. The molecule has 0 spiro atoms. The summed E-state index contributed by atoms with van der Waals surface area (Å²) in [4.78, 5) is 19.5. The molecule has 0 atom stereocenters. The SMILES string of the molecule is [C-]#[N+]c1ccc(-c2nc(C)c3n2CCCC3=O)cc1F. The predicted molar refractivity (Wildman–Crippen MR) is 72.2 cm³/mol. The molecule has 3 rings (SSSR count). The molecular weight excluding hydrogens is 257 g/mol. The summed E-state index contributed by atoms with van der Waals surface area (Å²) in [6, 6.07) is 4.42. The lowest BCUT2D eigenvalue weighted by atomic mass is 10.1. The molecule has 0 N–H and O–H groups in total. The van der Waals surface area contributed by atoms with Crippen LogP contribution in [-0.2, 0) is 6.54 Å². The summed E-state index contributed by atoms with van der Waals surface area (Å²) in [6.45, 7) is 9.37. The van der Waals surface area contributed by atoms with Gasteiger partial charge in [-0.15, -0.1) is 0 Å². The van der Waals surface area contributed by atoms with Gasteiger partial charge in [0.05, 0.1) is 12.3 Å². The van der Waals surface area contributed by atoms with E-state index in [1.807, 2.05) is 4.57 Å². The summed E-state index contributed by atoms with van der Waals surface area (Å²) in [5.74, 6) is 0.126. The van der Waals surface area contributed by atoms with Crippen LogP contribution < -0.4 is 0 Å². The second-order valence-corrected chi connectivity index (χ2v) is 4.83. The van der Waals surface area contributed by atoms with Gasteiger partial charge in [-0.05, 0) is 19.4 Å². The van der Waals surface area contributed by atoms with Gasteiger partial charge in [-0.2, -0.15) is 0 Å². The highest BCUT2D eigenvalue weighted by atomic mass is 19.1. The molecule has 100 valence electrons. The number of fused-ring (bicyclic) bond motifs is 1. The van der Waals surface area contributed by atoms with Gasteiger partial charge in [0.1, 0.15) is 17.3 Å². The van der Waals surface area contributed by atoms with E-state index in [1.54, 1.807) is 13.0 Å². The van der Waals surface area contributed by atoms with Crippen molar-refractivity contribution in [1.82, 2.24) is 9.55 Å². The monoisotopic (exact) mass is 269 g/mol. The Morgan fingerprint density at radius 2 is 2.25 bits per heavy atom. The van der Waals surface area contributed by atoms with Gasteiger partial charge in [0.2, 0.25) is 5.69 Å². The highest BCUT2D eigenvalue weighted by molar-refractivity contribution is 5.97. The van der Waals surface area contributed by atoms with Crippen LogP contribution in [0.1, 0.15) is 29.0 Å². The average Bonchev–Trinajstić information content (AvgIpc) is 2.77. The molecule has 0 radical (unpaired) electrons. The fraction of sp³-hybridized carbons (Fsp3) is 0.267. The van der Waals surface area contributed by atoms with Gasteiger partial charge in [-0.3, -0.25) is 4.79 Å². The third kappa shape index (κ3) is 1.81. The molecule has 20 heavy (non-hydrogen) atoms. The number of benzene rings is 1. The van der Waals surface area contributed by atoms with Crippen LogP contribution in [0.15, 0.2) is 18.2 Å². The highest BCUT2D eigenvalue weighted by Gasteiger charge is 2.24. The summed E-state index contributed by atoms with van der Waals surface area (Å²) in [5, 5.41) is 0. The predicted octanol–water partition coefficient (Wildman–Crippen LogP) is 3.52. The van der Waals surface area contributed by atoms with Gasteiger partial charge in [-0.25, -0.2) is 14.2 Å². The van der Waals surface area contributed by atoms with Gasteiger partial charge in [0.25, 0.3) is 0 Å². The first-order valence-corrected chi connectivity index (χ1v) is 6.39. The molecule has 0 saturated carbocycles. The van der Waals surface area contributed by atoms with Crippen molar-refractivity contribution >= 4 is 11.5 Å². The number of halogens is 1. The summed E-state index contributed by atoms with van der Waals surface area (Å²) >= 11 is 0. The van der Waals surface area contributed by atoms with Crippen LogP contribution in [0.4, 0.5) is 10.1 Å². The first-order valence-electron chi connectivity index (χ1n) is 6.39. The van der Waals surface area contributed by atoms with Crippen molar-refractivity contribution in [3.8, 4) is 11.4 Å². The Labute approximate surface area is 115 Å². The lowest BCUT2D eigenvalue weighted by Gasteiger charge is -2.16. The van der Waals surface area contributed by atoms with Crippen LogP contribution >= 0.6 is 0 Å². The molecular formula is C15H12FN3O. The van der Waals surface area contributed by atoms with Gasteiger partial charge in [-0.1, -0.05) is 12.1 Å². The minimum Gasteiger partial charge on any atom is -0.321 e. The van der Waals surface area contributed by atoms with E-state index in [0.29, 0.717) is 35.7 Å². The van der Waals surface area contributed by atoms with Crippen LogP contribution in [0.2, 0.25) is 0 Å². The molecule has 2 heterocycles. The number of carbonyl (C=O) groups excluding carboxylic acids is 1. The number of ketones is 1. The lowest BCUT2D eigenvalue weighted by Crippen LogP contribution is -2.17. The number of hydrogen-bond donors (Lipinski definition) is 0. The van der Waals surface area contributed by atoms with Gasteiger partial charge in [0, 0.05) is 18.5 Å². The third-order valence-electron chi connectivity index (χ3n) is 3.52. The number of hydrogen-bond acceptors (Lipinski definition) is 2. The lowest BCUT2D eigenvalue weighted by molar-refractivity contribution is 0.0955. The Balaban J connectivity index is 2.17. The van der Waals surface area contributed by atoms with Crippen LogP contribution in [0, 0.1) is 19.3 Å². The molecule has 0 aliphatic carbocycles. The van der Waals surface area contributed by atoms with Crippen molar-refractivity contribution in [2.75, 3.05) is 0 Å². The first-order chi connectivity index (χ1) is 9.61. The van der Waals surface area contributed by atoms with Crippen molar-refractivity contribution in [3.05, 3.63) is 46.8 Å². The van der Waals surface area contributed by atoms with Crippen LogP contribution in [0.5, 0.6) is 0 Å². The topological polar surface area (TPSA) is 39.2 Å². The molecule has 1 aromatic heterocycles. The van der Waals surface area contributed by atoms with Crippen molar-refractivity contribution < 1.29 is 9.18 Å². The molecule has 4 nitrogen and oxygen atoms in total. The number of carbonyl (C=O) groups is 1. The summed E-state index contributed by atoms with van der Waals surface area (Å²) in [7, 11) is 0. The highest BCUT2D eigenvalue weighted by Crippen LogP contribution is 2.29. The molecule has 2 aromatic rings. The maximum atomic E-state index is 13.7. The Bertz CT molecular complexity index is 755. The molecule has 1 aromatic carbocycles. The second kappa shape index (κ2) is 4.57. The number of nitrogens with zero attached hydrogens (tertiary/aromatic N) is 3. The van der Waals surface area contributed by atoms with Crippen LogP contribution in [0.25, 0.3) is 16.2 Å². The summed E-state index contributed by atoms with van der Waals surface area (Å²) in [5.41, 5.74) is 1.89. The van der Waals surface area contributed by atoms with E-state index in [4.69, 9.17) is 6.57 Å². The molecule has 0 fully saturated rings. The fourth-order valence-corrected chi connectivity index (χ4v) is 2.62. The van der Waals surface area contributed by atoms with E-state index in [9.17, 15) is 9.18 Å². The minimum absolute atomic E-state index is 0.00743. The van der Waals surface area contributed by atoms with E-state index in [2.05, 4.69) is 9.83 Å². The number of aryl methyl sites for hydroxylation is 1. The van der Waals surface area contributed by atoms with Gasteiger partial charge in [0.15, 0.2) is 5.78 Å². The quantitative estimate of drug-likeness (QED) is 0.743. The standard InChI is InChI=1S/C15H12FN3O/c1-9-14-13(20)4-3-7-19(14)15(18-9)10-5-6-12(17-2)11(16)8-10/h5-6,8H,3-4,7H2,1H3. The van der Waals surface area contributed by atoms with Gasteiger partial charge < -0.3 is 4.57 Å². The van der Waals surface area contributed by atoms with Crippen molar-refractivity contribution in [2.45, 2.75) is 26.3 Å². The van der Waals surface area contributed by atoms with Gasteiger partial charge >= 0.3 is 0 Å². The minimum atomic E-state index is -0.561. The Hall–Kier alpha value is -2.48.